The Bertz CT molecular complexity index is 1540. The van der Waals surface area contributed by atoms with Gasteiger partial charge in [-0.25, -0.2) is 13.2 Å². The number of benzene rings is 3. The van der Waals surface area contributed by atoms with Crippen molar-refractivity contribution in [2.75, 3.05) is 16.0 Å². The molecule has 3 N–H and O–H groups in total. The minimum Gasteiger partial charge on any atom is -0.326 e. The van der Waals surface area contributed by atoms with Crippen LogP contribution < -0.4 is 16.0 Å². The monoisotopic (exact) mass is 639 g/mol. The molecule has 1 saturated carbocycles. The molecule has 3 aromatic rings. The van der Waals surface area contributed by atoms with Crippen molar-refractivity contribution < 1.29 is 36.3 Å². The van der Waals surface area contributed by atoms with Crippen LogP contribution in [-0.4, -0.2) is 28.5 Å². The van der Waals surface area contributed by atoms with E-state index in [2.05, 4.69) is 5.32 Å². The predicted octanol–water partition coefficient (Wildman–Crippen LogP) is 7.39. The molecule has 1 fully saturated rings. The molecule has 4 rings (SSSR count). The van der Waals surface area contributed by atoms with Gasteiger partial charge in [0.2, 0.25) is 5.91 Å². The van der Waals surface area contributed by atoms with Gasteiger partial charge in [-0.15, -0.1) is 23.2 Å². The molecule has 15 heteroatoms. The van der Waals surface area contributed by atoms with Gasteiger partial charge in [0, 0.05) is 11.6 Å². The van der Waals surface area contributed by atoms with Gasteiger partial charge in [0.1, 0.15) is 21.7 Å². The first-order valence-corrected chi connectivity index (χ1v) is 12.5. The SMILES string of the molecule is O=C(Nc1ccc(F)c(NC(=O)C(F)F)c1F)c1cc(NC(=O)C2[C@H](c3ccc(Cl)c(Cl)c3)C2(Cl)Cl)ccc1F. The number of hydrogen-bond acceptors (Lipinski definition) is 3. The second-order valence-electron chi connectivity index (χ2n) is 8.52. The Morgan fingerprint density at radius 3 is 2.15 bits per heavy atom. The summed E-state index contributed by atoms with van der Waals surface area (Å²) < 4.78 is 66.5. The third-order valence-electron chi connectivity index (χ3n) is 5.90. The highest BCUT2D eigenvalue weighted by atomic mass is 35.5. The van der Waals surface area contributed by atoms with E-state index in [1.54, 1.807) is 6.07 Å². The average molecular weight is 641 g/mol. The van der Waals surface area contributed by atoms with Gasteiger partial charge in [0.25, 0.3) is 11.8 Å². The van der Waals surface area contributed by atoms with Gasteiger partial charge in [0.15, 0.2) is 5.82 Å². The van der Waals surface area contributed by atoms with Crippen LogP contribution in [0.5, 0.6) is 0 Å². The summed E-state index contributed by atoms with van der Waals surface area (Å²) in [4.78, 5) is 36.8. The van der Waals surface area contributed by atoms with Crippen LogP contribution in [-0.2, 0) is 9.59 Å². The first-order chi connectivity index (χ1) is 18.7. The summed E-state index contributed by atoms with van der Waals surface area (Å²) in [5.74, 6) is -9.55. The average Bonchev–Trinajstić information content (AvgIpc) is 3.47. The molecule has 6 nitrogen and oxygen atoms in total. The van der Waals surface area contributed by atoms with Gasteiger partial charge in [0.05, 0.1) is 27.2 Å². The molecule has 0 saturated heterocycles. The van der Waals surface area contributed by atoms with Crippen LogP contribution in [0, 0.1) is 23.4 Å². The number of hydrogen-bond donors (Lipinski definition) is 3. The first-order valence-electron chi connectivity index (χ1n) is 11.0. The van der Waals surface area contributed by atoms with Crippen LogP contribution in [0.1, 0.15) is 21.8 Å². The van der Waals surface area contributed by atoms with Gasteiger partial charge in [-0.05, 0) is 48.0 Å². The largest absolute Gasteiger partial charge is 0.326 e. The summed E-state index contributed by atoms with van der Waals surface area (Å²) in [7, 11) is 0. The Kier molecular flexibility index (Phi) is 8.51. The van der Waals surface area contributed by atoms with Crippen LogP contribution >= 0.6 is 46.4 Å². The topological polar surface area (TPSA) is 87.3 Å². The minimum atomic E-state index is -3.57. The Morgan fingerprint density at radius 2 is 1.50 bits per heavy atom. The molecule has 1 aliphatic rings. The van der Waals surface area contributed by atoms with Crippen molar-refractivity contribution in [3.05, 3.63) is 87.2 Å². The molecule has 0 aliphatic heterocycles. The molecule has 0 radical (unpaired) electrons. The minimum absolute atomic E-state index is 0.0510. The summed E-state index contributed by atoms with van der Waals surface area (Å²) >= 11 is 24.6. The number of anilines is 3. The van der Waals surface area contributed by atoms with Gasteiger partial charge in [-0.3, -0.25) is 14.4 Å². The zero-order valence-corrected chi connectivity index (χ0v) is 22.5. The van der Waals surface area contributed by atoms with Crippen LogP contribution in [0.3, 0.4) is 0 Å². The van der Waals surface area contributed by atoms with E-state index in [9.17, 15) is 36.3 Å². The van der Waals surface area contributed by atoms with Crippen molar-refractivity contribution >= 4 is 81.2 Å². The predicted molar refractivity (Wildman–Crippen MR) is 141 cm³/mol. The number of amides is 3. The van der Waals surface area contributed by atoms with Crippen molar-refractivity contribution in [3.8, 4) is 0 Å². The molecule has 0 spiro atoms. The summed E-state index contributed by atoms with van der Waals surface area (Å²) in [5.41, 5.74) is -2.16. The Labute approximate surface area is 242 Å². The second kappa shape index (κ2) is 11.4. The van der Waals surface area contributed by atoms with Crippen molar-refractivity contribution in [2.45, 2.75) is 16.7 Å². The van der Waals surface area contributed by atoms with E-state index < -0.39 is 74.7 Å². The zero-order valence-electron chi connectivity index (χ0n) is 19.5. The molecule has 0 aromatic heterocycles. The normalized spacial score (nSPS) is 17.4. The molecule has 210 valence electrons. The maximum atomic E-state index is 14.7. The lowest BCUT2D eigenvalue weighted by Gasteiger charge is -2.13. The van der Waals surface area contributed by atoms with Crippen molar-refractivity contribution in [2.24, 2.45) is 5.92 Å². The first kappa shape index (κ1) is 29.9. The van der Waals surface area contributed by atoms with Crippen LogP contribution in [0.4, 0.5) is 39.0 Å². The Balaban J connectivity index is 1.51. The number of rotatable bonds is 7. The third-order valence-corrected chi connectivity index (χ3v) is 7.58. The second-order valence-corrected chi connectivity index (χ2v) is 10.8. The number of nitrogens with one attached hydrogen (secondary N) is 3. The highest BCUT2D eigenvalue weighted by molar-refractivity contribution is 6.53. The molecule has 2 atom stereocenters. The van der Waals surface area contributed by atoms with Gasteiger partial charge < -0.3 is 16.0 Å². The van der Waals surface area contributed by atoms with Gasteiger partial charge in [-0.2, -0.15) is 8.78 Å². The van der Waals surface area contributed by atoms with Crippen LogP contribution in [0.2, 0.25) is 10.0 Å². The van der Waals surface area contributed by atoms with E-state index in [4.69, 9.17) is 46.4 Å². The molecule has 1 unspecified atom stereocenters. The summed E-state index contributed by atoms with van der Waals surface area (Å²) in [6.07, 6.45) is -3.57. The number of carbonyl (C=O) groups is 3. The van der Waals surface area contributed by atoms with E-state index in [1.165, 1.54) is 17.4 Å². The molecule has 3 amide bonds. The number of alkyl halides is 4. The fraction of sp³-hybridized carbons (Fsp3) is 0.160. The molecular weight excluding hydrogens is 627 g/mol. The molecular formula is C25H14Cl4F5N3O3. The Hall–Kier alpha value is -3.12. The van der Waals surface area contributed by atoms with E-state index >= 15 is 0 Å². The lowest BCUT2D eigenvalue weighted by Crippen LogP contribution is -2.22. The zero-order chi connectivity index (χ0) is 29.5. The van der Waals surface area contributed by atoms with Crippen molar-refractivity contribution in [1.82, 2.24) is 0 Å². The fourth-order valence-corrected chi connectivity index (χ4v) is 5.04. The number of carbonyl (C=O) groups excluding carboxylic acids is 3. The molecule has 1 aliphatic carbocycles. The van der Waals surface area contributed by atoms with Crippen LogP contribution in [0.15, 0.2) is 48.5 Å². The van der Waals surface area contributed by atoms with E-state index in [-0.39, 0.29) is 15.7 Å². The maximum absolute atomic E-state index is 14.7. The molecule has 0 heterocycles. The fourth-order valence-electron chi connectivity index (χ4n) is 3.90. The molecule has 0 bridgehead atoms. The highest BCUT2D eigenvalue weighted by Gasteiger charge is 2.67. The lowest BCUT2D eigenvalue weighted by atomic mass is 10.1. The standard InChI is InChI=1S/C25H14Cl4F5N3O3/c26-12-3-1-9(7-13(12)27)17-18(25(17,28)29)23(39)35-10-2-4-14(30)11(8-10)22(38)36-16-6-5-15(31)20(19(16)32)37-24(40)21(33)34/h1-8,17-18,21H,(H,35,39)(H,36,38)(H,37,40)/t17-,18?/m0/s1. The molecule has 3 aromatic carbocycles. The number of halogens is 9. The molecule has 40 heavy (non-hydrogen) atoms. The Morgan fingerprint density at radius 1 is 0.825 bits per heavy atom. The van der Waals surface area contributed by atoms with E-state index in [0.29, 0.717) is 11.6 Å². The third kappa shape index (κ3) is 5.97. The van der Waals surface area contributed by atoms with E-state index in [0.717, 1.165) is 24.3 Å². The lowest BCUT2D eigenvalue weighted by molar-refractivity contribution is -0.126. The highest BCUT2D eigenvalue weighted by Crippen LogP contribution is 2.65. The quantitative estimate of drug-likeness (QED) is 0.186. The summed E-state index contributed by atoms with van der Waals surface area (Å²) in [6.45, 7) is 0. The van der Waals surface area contributed by atoms with Gasteiger partial charge >= 0.3 is 6.43 Å². The maximum Gasteiger partial charge on any atom is 0.315 e. The van der Waals surface area contributed by atoms with Gasteiger partial charge in [-0.1, -0.05) is 29.3 Å². The van der Waals surface area contributed by atoms with E-state index in [1.807, 2.05) is 5.32 Å². The summed E-state index contributed by atoms with van der Waals surface area (Å²) in [6, 6.07) is 8.88. The summed E-state index contributed by atoms with van der Waals surface area (Å²) in [5, 5.41) is 6.33. The van der Waals surface area contributed by atoms with Crippen molar-refractivity contribution in [1.29, 1.82) is 0 Å². The smallest absolute Gasteiger partial charge is 0.315 e. The van der Waals surface area contributed by atoms with Crippen LogP contribution in [0.25, 0.3) is 0 Å². The van der Waals surface area contributed by atoms with Crippen molar-refractivity contribution in [3.63, 3.8) is 0 Å².